The highest BCUT2D eigenvalue weighted by molar-refractivity contribution is 7.86. The number of nitrogens with one attached hydrogen (secondary N) is 1. The molecular formula is C12H23N3OS2. The van der Waals surface area contributed by atoms with Crippen LogP contribution >= 0.6 is 11.5 Å². The molecule has 4 nitrogen and oxygen atoms in total. The first kappa shape index (κ1) is 15.6. The molecule has 0 fully saturated rings. The highest BCUT2D eigenvalue weighted by Gasteiger charge is 2.20. The predicted molar refractivity (Wildman–Crippen MR) is 79.9 cm³/mol. The summed E-state index contributed by atoms with van der Waals surface area (Å²) in [6.07, 6.45) is 0. The summed E-state index contributed by atoms with van der Waals surface area (Å²) in [5.41, 5.74) is -0.0232. The second-order valence-electron chi connectivity index (χ2n) is 6.26. The van der Waals surface area contributed by atoms with E-state index in [1.807, 2.05) is 20.8 Å². The Kier molecular flexibility index (Phi) is 4.89. The van der Waals surface area contributed by atoms with Gasteiger partial charge in [0.1, 0.15) is 5.82 Å². The van der Waals surface area contributed by atoms with E-state index in [0.29, 0.717) is 12.3 Å². The van der Waals surface area contributed by atoms with Crippen molar-refractivity contribution in [1.29, 1.82) is 0 Å². The molecule has 1 aromatic rings. The summed E-state index contributed by atoms with van der Waals surface area (Å²) < 4.78 is 16.0. The minimum atomic E-state index is -0.827. The van der Waals surface area contributed by atoms with Crippen LogP contribution in [0.3, 0.4) is 0 Å². The molecule has 0 unspecified atom stereocenters. The van der Waals surface area contributed by atoms with Gasteiger partial charge in [-0.1, -0.05) is 20.8 Å². The third-order valence-electron chi connectivity index (χ3n) is 2.34. The van der Waals surface area contributed by atoms with Gasteiger partial charge >= 0.3 is 0 Å². The molecule has 1 rings (SSSR count). The molecule has 104 valence electrons. The number of rotatable bonds is 4. The van der Waals surface area contributed by atoms with E-state index >= 15 is 0 Å². The Hall–Kier alpha value is -0.490. The highest BCUT2D eigenvalue weighted by Crippen LogP contribution is 2.22. The smallest absolute Gasteiger partial charge is 0.202 e. The van der Waals surface area contributed by atoms with Crippen LogP contribution in [-0.4, -0.2) is 30.6 Å². The zero-order valence-electron chi connectivity index (χ0n) is 12.0. The molecule has 0 spiro atoms. The second kappa shape index (κ2) is 5.65. The maximum atomic E-state index is 11.9. The molecule has 0 saturated carbocycles. The van der Waals surface area contributed by atoms with Crippen LogP contribution in [-0.2, 0) is 16.2 Å². The summed E-state index contributed by atoms with van der Waals surface area (Å²) in [6, 6.07) is 0. The van der Waals surface area contributed by atoms with E-state index in [1.165, 1.54) is 11.5 Å². The van der Waals surface area contributed by atoms with Crippen molar-refractivity contribution in [1.82, 2.24) is 9.36 Å². The van der Waals surface area contributed by atoms with E-state index in [0.717, 1.165) is 11.0 Å². The van der Waals surface area contributed by atoms with Crippen molar-refractivity contribution in [2.24, 2.45) is 0 Å². The van der Waals surface area contributed by atoms with E-state index in [4.69, 9.17) is 0 Å². The quantitative estimate of drug-likeness (QED) is 0.926. The predicted octanol–water partition coefficient (Wildman–Crippen LogP) is 2.79. The van der Waals surface area contributed by atoms with Crippen molar-refractivity contribution in [3.8, 4) is 0 Å². The summed E-state index contributed by atoms with van der Waals surface area (Å²) >= 11 is 1.36. The van der Waals surface area contributed by atoms with Crippen molar-refractivity contribution in [3.05, 3.63) is 5.82 Å². The Morgan fingerprint density at radius 1 is 1.22 bits per heavy atom. The first-order valence-corrected chi connectivity index (χ1v) is 8.16. The zero-order valence-corrected chi connectivity index (χ0v) is 13.7. The van der Waals surface area contributed by atoms with Gasteiger partial charge in [0.15, 0.2) is 0 Å². The van der Waals surface area contributed by atoms with Crippen LogP contribution in [0, 0.1) is 0 Å². The molecule has 0 aliphatic heterocycles. The molecule has 0 aliphatic rings. The van der Waals surface area contributed by atoms with E-state index in [2.05, 4.69) is 35.4 Å². The summed E-state index contributed by atoms with van der Waals surface area (Å²) in [6.45, 7) is 12.9. The maximum absolute atomic E-state index is 11.9. The lowest BCUT2D eigenvalue weighted by molar-refractivity contribution is 0.555. The Morgan fingerprint density at radius 3 is 2.28 bits per heavy atom. The first-order valence-electron chi connectivity index (χ1n) is 6.07. The molecule has 6 heteroatoms. The van der Waals surface area contributed by atoms with Gasteiger partial charge in [-0.15, -0.1) is 0 Å². The average molecular weight is 289 g/mol. The molecule has 1 heterocycles. The van der Waals surface area contributed by atoms with Crippen LogP contribution in [0.15, 0.2) is 0 Å². The third-order valence-corrected chi connectivity index (χ3v) is 4.96. The number of aromatic nitrogens is 2. The number of nitrogens with zero attached hydrogens (tertiary/aromatic N) is 2. The minimum absolute atomic E-state index is 0.0232. The van der Waals surface area contributed by atoms with E-state index < -0.39 is 10.8 Å². The third kappa shape index (κ3) is 4.65. The fraction of sp³-hybridized carbons (Fsp3) is 0.833. The van der Waals surface area contributed by atoms with Crippen molar-refractivity contribution < 1.29 is 4.21 Å². The molecule has 0 amide bonds. The highest BCUT2D eigenvalue weighted by atomic mass is 32.2. The molecule has 0 aliphatic carbocycles. The molecule has 0 radical (unpaired) electrons. The molecule has 0 saturated heterocycles. The van der Waals surface area contributed by atoms with E-state index in [9.17, 15) is 4.21 Å². The second-order valence-corrected chi connectivity index (χ2v) is 9.34. The topological polar surface area (TPSA) is 54.9 Å². The van der Waals surface area contributed by atoms with Gasteiger partial charge in [-0.05, 0) is 20.8 Å². The average Bonchev–Trinajstić information content (AvgIpc) is 2.64. The van der Waals surface area contributed by atoms with Crippen LogP contribution in [0.5, 0.6) is 0 Å². The molecule has 1 N–H and O–H groups in total. The molecule has 18 heavy (non-hydrogen) atoms. The van der Waals surface area contributed by atoms with Crippen LogP contribution in [0.1, 0.15) is 47.4 Å². The standard InChI is InChI=1S/C12H23N3OS2/c1-11(2,3)9-14-10(17-15-9)13-7-8-18(16)12(4,5)6/h7-8H2,1-6H3,(H,13,14,15)/t18-/m0/s1. The molecule has 1 atom stereocenters. The largest absolute Gasteiger partial charge is 0.359 e. The fourth-order valence-corrected chi connectivity index (χ4v) is 2.84. The van der Waals surface area contributed by atoms with Gasteiger partial charge < -0.3 is 5.32 Å². The molecular weight excluding hydrogens is 266 g/mol. The van der Waals surface area contributed by atoms with Gasteiger partial charge in [0.25, 0.3) is 0 Å². The van der Waals surface area contributed by atoms with Gasteiger partial charge in [0.2, 0.25) is 5.13 Å². The lowest BCUT2D eigenvalue weighted by atomic mass is 9.96. The molecule has 0 bridgehead atoms. The summed E-state index contributed by atoms with van der Waals surface area (Å²) in [5.74, 6) is 1.49. The van der Waals surface area contributed by atoms with Crippen molar-refractivity contribution >= 4 is 27.5 Å². The van der Waals surface area contributed by atoms with E-state index in [-0.39, 0.29) is 10.2 Å². The van der Waals surface area contributed by atoms with Crippen molar-refractivity contribution in [2.45, 2.75) is 51.7 Å². The van der Waals surface area contributed by atoms with Crippen LogP contribution in [0.2, 0.25) is 0 Å². The van der Waals surface area contributed by atoms with Crippen LogP contribution in [0.4, 0.5) is 5.13 Å². The first-order chi connectivity index (χ1) is 8.10. The Labute approximate surface area is 116 Å². The van der Waals surface area contributed by atoms with Gasteiger partial charge in [-0.3, -0.25) is 4.21 Å². The van der Waals surface area contributed by atoms with Crippen LogP contribution in [0.25, 0.3) is 0 Å². The fourth-order valence-electron chi connectivity index (χ4n) is 1.16. The summed E-state index contributed by atoms with van der Waals surface area (Å²) in [5, 5.41) is 4.00. The Bertz CT molecular complexity index is 416. The van der Waals surface area contributed by atoms with Crippen molar-refractivity contribution in [2.75, 3.05) is 17.6 Å². The Balaban J connectivity index is 2.46. The zero-order chi connectivity index (χ0) is 14.0. The number of anilines is 1. The minimum Gasteiger partial charge on any atom is -0.359 e. The lowest BCUT2D eigenvalue weighted by Gasteiger charge is -2.17. The SMILES string of the molecule is CC(C)(C)c1nsc(NCC[S@](=O)C(C)(C)C)n1. The number of hydrogen-bond acceptors (Lipinski definition) is 5. The maximum Gasteiger partial charge on any atom is 0.202 e. The van der Waals surface area contributed by atoms with Gasteiger partial charge in [0.05, 0.1) is 0 Å². The Morgan fingerprint density at radius 2 is 1.83 bits per heavy atom. The van der Waals surface area contributed by atoms with Gasteiger partial charge in [0, 0.05) is 44.8 Å². The van der Waals surface area contributed by atoms with E-state index in [1.54, 1.807) is 0 Å². The number of hydrogen-bond donors (Lipinski definition) is 1. The van der Waals surface area contributed by atoms with Gasteiger partial charge in [-0.2, -0.15) is 4.37 Å². The van der Waals surface area contributed by atoms with Crippen LogP contribution < -0.4 is 5.32 Å². The molecule has 0 aromatic carbocycles. The molecule has 1 aromatic heterocycles. The van der Waals surface area contributed by atoms with Gasteiger partial charge in [-0.25, -0.2) is 4.98 Å². The monoisotopic (exact) mass is 289 g/mol. The lowest BCUT2D eigenvalue weighted by Crippen LogP contribution is -2.27. The summed E-state index contributed by atoms with van der Waals surface area (Å²) in [4.78, 5) is 4.44. The van der Waals surface area contributed by atoms with Crippen molar-refractivity contribution in [3.63, 3.8) is 0 Å². The normalized spacial score (nSPS) is 14.6. The summed E-state index contributed by atoms with van der Waals surface area (Å²) in [7, 11) is -0.827.